The van der Waals surface area contributed by atoms with Crippen molar-refractivity contribution in [3.8, 4) is 0 Å². The van der Waals surface area contributed by atoms with Gasteiger partial charge in [0.15, 0.2) is 0 Å². The van der Waals surface area contributed by atoms with E-state index in [-0.39, 0.29) is 6.04 Å². The molecule has 5 nitrogen and oxygen atoms in total. The second-order valence-electron chi connectivity index (χ2n) is 6.20. The molecular formula is C14H31N3O2S. The van der Waals surface area contributed by atoms with Crippen molar-refractivity contribution in [3.05, 3.63) is 0 Å². The Balaban J connectivity index is 2.78. The summed E-state index contributed by atoms with van der Waals surface area (Å²) in [5.41, 5.74) is 5.48. The molecule has 0 unspecified atom stereocenters. The molecule has 1 saturated carbocycles. The first-order valence-electron chi connectivity index (χ1n) is 7.82. The third-order valence-corrected chi connectivity index (χ3v) is 6.07. The highest BCUT2D eigenvalue weighted by atomic mass is 32.2. The van der Waals surface area contributed by atoms with E-state index in [1.54, 1.807) is 11.4 Å². The Morgan fingerprint density at radius 3 is 2.30 bits per heavy atom. The minimum atomic E-state index is -3.34. The van der Waals surface area contributed by atoms with Gasteiger partial charge in [0.25, 0.3) is 10.2 Å². The number of hydrogen-bond acceptors (Lipinski definition) is 3. The first kappa shape index (κ1) is 17.9. The fourth-order valence-electron chi connectivity index (χ4n) is 2.67. The van der Waals surface area contributed by atoms with Gasteiger partial charge in [0.2, 0.25) is 0 Å². The van der Waals surface area contributed by atoms with Gasteiger partial charge in [0.05, 0.1) is 0 Å². The summed E-state index contributed by atoms with van der Waals surface area (Å²) in [4.78, 5) is 0. The maximum absolute atomic E-state index is 12.7. The van der Waals surface area contributed by atoms with Crippen LogP contribution in [0.1, 0.15) is 52.4 Å². The van der Waals surface area contributed by atoms with Gasteiger partial charge in [-0.25, -0.2) is 0 Å². The Labute approximate surface area is 124 Å². The predicted octanol–water partition coefficient (Wildman–Crippen LogP) is 1.80. The lowest BCUT2D eigenvalue weighted by Gasteiger charge is -2.32. The number of hydrogen-bond donors (Lipinski definition) is 1. The molecule has 20 heavy (non-hydrogen) atoms. The summed E-state index contributed by atoms with van der Waals surface area (Å²) in [5, 5.41) is 0. The van der Waals surface area contributed by atoms with Gasteiger partial charge >= 0.3 is 0 Å². The van der Waals surface area contributed by atoms with Crippen LogP contribution in [0.25, 0.3) is 0 Å². The predicted molar refractivity (Wildman–Crippen MR) is 83.6 cm³/mol. The standard InChI is InChI=1S/C14H31N3O2S/c1-13(2)9-12-17(14-7-4-5-8-14)20(18,19)16(3)11-6-10-15/h13-14H,4-12,15H2,1-3H3. The molecule has 0 radical (unpaired) electrons. The van der Waals surface area contributed by atoms with Crippen molar-refractivity contribution < 1.29 is 8.42 Å². The average molecular weight is 305 g/mol. The molecule has 0 aliphatic heterocycles. The van der Waals surface area contributed by atoms with Crippen LogP contribution in [0.2, 0.25) is 0 Å². The van der Waals surface area contributed by atoms with E-state index in [9.17, 15) is 8.42 Å². The number of rotatable bonds is 9. The molecular weight excluding hydrogens is 274 g/mol. The quantitative estimate of drug-likeness (QED) is 0.706. The molecule has 1 aliphatic carbocycles. The van der Waals surface area contributed by atoms with E-state index in [0.717, 1.165) is 32.1 Å². The highest BCUT2D eigenvalue weighted by Gasteiger charge is 2.34. The van der Waals surface area contributed by atoms with Crippen molar-refractivity contribution in [1.82, 2.24) is 8.61 Å². The highest BCUT2D eigenvalue weighted by molar-refractivity contribution is 7.86. The number of nitrogens with two attached hydrogens (primary N) is 1. The van der Waals surface area contributed by atoms with Gasteiger partial charge in [0, 0.05) is 26.2 Å². The molecule has 0 amide bonds. The molecule has 120 valence electrons. The van der Waals surface area contributed by atoms with Crippen molar-refractivity contribution >= 4 is 10.2 Å². The summed E-state index contributed by atoms with van der Waals surface area (Å²) in [5.74, 6) is 0.517. The second kappa shape index (κ2) is 8.32. The van der Waals surface area contributed by atoms with Gasteiger partial charge in [0.1, 0.15) is 0 Å². The van der Waals surface area contributed by atoms with Gasteiger partial charge in [-0.15, -0.1) is 0 Å². The molecule has 0 aromatic rings. The van der Waals surface area contributed by atoms with Crippen LogP contribution in [-0.4, -0.2) is 49.8 Å². The van der Waals surface area contributed by atoms with Crippen molar-refractivity contribution in [3.63, 3.8) is 0 Å². The highest BCUT2D eigenvalue weighted by Crippen LogP contribution is 2.27. The van der Waals surface area contributed by atoms with E-state index in [1.165, 1.54) is 4.31 Å². The van der Waals surface area contributed by atoms with Gasteiger partial charge < -0.3 is 5.73 Å². The van der Waals surface area contributed by atoms with E-state index in [4.69, 9.17) is 5.73 Å². The minimum absolute atomic E-state index is 0.194. The maximum atomic E-state index is 12.7. The molecule has 0 bridgehead atoms. The smallest absolute Gasteiger partial charge is 0.281 e. The molecule has 0 spiro atoms. The SMILES string of the molecule is CC(C)CCN(C1CCCC1)S(=O)(=O)N(C)CCCN. The third-order valence-electron chi connectivity index (χ3n) is 4.03. The summed E-state index contributed by atoms with van der Waals surface area (Å²) in [6.07, 6.45) is 5.92. The lowest BCUT2D eigenvalue weighted by Crippen LogP contribution is -2.47. The fourth-order valence-corrected chi connectivity index (χ4v) is 4.31. The van der Waals surface area contributed by atoms with E-state index < -0.39 is 10.2 Å². The Bertz CT molecular complexity index is 365. The van der Waals surface area contributed by atoms with Gasteiger partial charge in [-0.05, 0) is 38.1 Å². The van der Waals surface area contributed by atoms with Crippen LogP contribution in [-0.2, 0) is 10.2 Å². The molecule has 1 aliphatic rings. The van der Waals surface area contributed by atoms with Crippen molar-refractivity contribution in [2.24, 2.45) is 11.7 Å². The lowest BCUT2D eigenvalue weighted by atomic mass is 10.1. The number of nitrogens with zero attached hydrogens (tertiary/aromatic N) is 2. The van der Waals surface area contributed by atoms with Crippen molar-refractivity contribution in [2.45, 2.75) is 58.4 Å². The van der Waals surface area contributed by atoms with Crippen LogP contribution in [0.3, 0.4) is 0 Å². The fraction of sp³-hybridized carbons (Fsp3) is 1.00. The summed E-state index contributed by atoms with van der Waals surface area (Å²) >= 11 is 0. The molecule has 0 saturated heterocycles. The van der Waals surface area contributed by atoms with E-state index in [2.05, 4.69) is 13.8 Å². The van der Waals surface area contributed by atoms with E-state index in [0.29, 0.717) is 32.0 Å². The molecule has 1 fully saturated rings. The zero-order valence-corrected chi connectivity index (χ0v) is 14.0. The molecule has 6 heteroatoms. The van der Waals surface area contributed by atoms with Crippen LogP contribution in [0, 0.1) is 5.92 Å². The molecule has 0 aromatic heterocycles. The van der Waals surface area contributed by atoms with Gasteiger partial charge in [-0.3, -0.25) is 0 Å². The first-order valence-corrected chi connectivity index (χ1v) is 9.22. The zero-order chi connectivity index (χ0) is 15.2. The van der Waals surface area contributed by atoms with Crippen molar-refractivity contribution in [1.29, 1.82) is 0 Å². The summed E-state index contributed by atoms with van der Waals surface area (Å²) in [6.45, 7) is 5.94. The lowest BCUT2D eigenvalue weighted by molar-refractivity contribution is 0.280. The molecule has 0 aromatic carbocycles. The van der Waals surface area contributed by atoms with E-state index in [1.807, 2.05) is 0 Å². The van der Waals surface area contributed by atoms with Gasteiger partial charge in [-0.2, -0.15) is 17.0 Å². The molecule has 2 N–H and O–H groups in total. The van der Waals surface area contributed by atoms with Crippen molar-refractivity contribution in [2.75, 3.05) is 26.7 Å². The molecule has 0 atom stereocenters. The summed E-state index contributed by atoms with van der Waals surface area (Å²) in [6, 6.07) is 0.194. The van der Waals surface area contributed by atoms with Crippen LogP contribution in [0.4, 0.5) is 0 Å². The zero-order valence-electron chi connectivity index (χ0n) is 13.2. The Kier molecular flexibility index (Phi) is 7.43. The Hall–Kier alpha value is -0.170. The van der Waals surface area contributed by atoms with Gasteiger partial charge in [-0.1, -0.05) is 26.7 Å². The van der Waals surface area contributed by atoms with Crippen LogP contribution < -0.4 is 5.73 Å². The first-order chi connectivity index (χ1) is 9.39. The molecule has 1 rings (SSSR count). The molecule has 0 heterocycles. The summed E-state index contributed by atoms with van der Waals surface area (Å²) < 4.78 is 28.7. The average Bonchev–Trinajstić information content (AvgIpc) is 2.89. The monoisotopic (exact) mass is 305 g/mol. The normalized spacial score (nSPS) is 17.8. The Morgan fingerprint density at radius 1 is 1.20 bits per heavy atom. The topological polar surface area (TPSA) is 66.6 Å². The third kappa shape index (κ3) is 4.98. The van der Waals surface area contributed by atoms with Crippen LogP contribution in [0.5, 0.6) is 0 Å². The maximum Gasteiger partial charge on any atom is 0.281 e. The largest absolute Gasteiger partial charge is 0.330 e. The minimum Gasteiger partial charge on any atom is -0.330 e. The van der Waals surface area contributed by atoms with Crippen LogP contribution in [0.15, 0.2) is 0 Å². The summed E-state index contributed by atoms with van der Waals surface area (Å²) in [7, 11) is -1.67. The second-order valence-corrected chi connectivity index (χ2v) is 8.19. The van der Waals surface area contributed by atoms with E-state index >= 15 is 0 Å². The Morgan fingerprint density at radius 2 is 1.80 bits per heavy atom. The van der Waals surface area contributed by atoms with Crippen LogP contribution >= 0.6 is 0 Å².